The zero-order valence-corrected chi connectivity index (χ0v) is 16.2. The number of benzene rings is 2. The highest BCUT2D eigenvalue weighted by atomic mass is 32.2. The first-order valence-electron chi connectivity index (χ1n) is 8.85. The van der Waals surface area contributed by atoms with Crippen LogP contribution in [0.5, 0.6) is 11.5 Å². The molecule has 28 heavy (non-hydrogen) atoms. The van der Waals surface area contributed by atoms with Crippen LogP contribution in [-0.2, 0) is 19.4 Å². The molecule has 2 aromatic carbocycles. The van der Waals surface area contributed by atoms with Gasteiger partial charge in [0, 0.05) is 19.8 Å². The van der Waals surface area contributed by atoms with Crippen LogP contribution in [0.4, 0.5) is 0 Å². The fraction of sp³-hybridized carbons (Fsp3) is 0.300. The Morgan fingerprint density at radius 1 is 1.00 bits per heavy atom. The van der Waals surface area contributed by atoms with Gasteiger partial charge in [-0.3, -0.25) is 14.8 Å². The molecular weight excluding hydrogens is 382 g/mol. The summed E-state index contributed by atoms with van der Waals surface area (Å²) in [4.78, 5) is 21.5. The predicted octanol–water partition coefficient (Wildman–Crippen LogP) is 3.33. The average Bonchev–Trinajstić information content (AvgIpc) is 2.69. The number of ketones is 1. The Kier molecular flexibility index (Phi) is 5.53. The van der Waals surface area contributed by atoms with E-state index in [9.17, 15) is 23.2 Å². The van der Waals surface area contributed by atoms with Crippen LogP contribution in [-0.4, -0.2) is 35.2 Å². The Bertz CT molecular complexity index is 960. The van der Waals surface area contributed by atoms with Crippen molar-refractivity contribution in [1.82, 2.24) is 5.06 Å². The van der Waals surface area contributed by atoms with Crippen LogP contribution in [0, 0.1) is 0 Å². The zero-order valence-electron chi connectivity index (χ0n) is 15.4. The lowest BCUT2D eigenvalue weighted by Crippen LogP contribution is -2.56. The summed E-state index contributed by atoms with van der Waals surface area (Å²) in [6, 6.07) is 14.8. The molecule has 0 heterocycles. The van der Waals surface area contributed by atoms with Crippen molar-refractivity contribution in [3.8, 4) is 11.5 Å². The van der Waals surface area contributed by atoms with Gasteiger partial charge in [-0.1, -0.05) is 18.2 Å². The van der Waals surface area contributed by atoms with Gasteiger partial charge in [-0.15, -0.1) is 0 Å². The molecule has 8 heteroatoms. The number of nitrogens with zero attached hydrogens (tertiary/aromatic N) is 1. The second-order valence-corrected chi connectivity index (χ2v) is 8.94. The number of para-hydroxylation sites is 1. The number of amides is 1. The molecule has 0 unspecified atom stereocenters. The monoisotopic (exact) mass is 403 g/mol. The lowest BCUT2D eigenvalue weighted by atomic mass is 9.93. The molecule has 3 rings (SSSR count). The number of ether oxygens (including phenoxy) is 1. The molecule has 1 fully saturated rings. The molecule has 1 N–H and O–H groups in total. The third kappa shape index (κ3) is 3.65. The molecule has 148 valence electrons. The second kappa shape index (κ2) is 7.73. The maximum Gasteiger partial charge on any atom is 0.244 e. The first-order chi connectivity index (χ1) is 13.3. The fourth-order valence-corrected chi connectivity index (χ4v) is 5.36. The minimum Gasteiger partial charge on any atom is -0.457 e. The summed E-state index contributed by atoms with van der Waals surface area (Å²) < 4.78 is 32.3. The van der Waals surface area contributed by atoms with Crippen LogP contribution >= 0.6 is 0 Å². The van der Waals surface area contributed by atoms with Gasteiger partial charge >= 0.3 is 0 Å². The Balaban J connectivity index is 1.93. The summed E-state index contributed by atoms with van der Waals surface area (Å²) in [5.74, 6) is 0.181. The van der Waals surface area contributed by atoms with Crippen molar-refractivity contribution in [3.63, 3.8) is 0 Å². The van der Waals surface area contributed by atoms with Crippen LogP contribution in [0.15, 0.2) is 59.5 Å². The van der Waals surface area contributed by atoms with Gasteiger partial charge in [0.15, 0.2) is 4.87 Å². The summed E-state index contributed by atoms with van der Waals surface area (Å²) in [6.45, 7) is 1.09. The summed E-state index contributed by atoms with van der Waals surface area (Å²) in [6.07, 6.45) is -0.323. The number of hydroxylamine groups is 2. The molecule has 0 radical (unpaired) electrons. The van der Waals surface area contributed by atoms with Gasteiger partial charge in [-0.25, -0.2) is 13.5 Å². The van der Waals surface area contributed by atoms with E-state index in [2.05, 4.69) is 0 Å². The number of hydrogen-bond donors (Lipinski definition) is 1. The Morgan fingerprint density at radius 3 is 2.07 bits per heavy atom. The van der Waals surface area contributed by atoms with Crippen molar-refractivity contribution in [2.24, 2.45) is 0 Å². The van der Waals surface area contributed by atoms with Gasteiger partial charge in [0.05, 0.1) is 4.90 Å². The number of sulfone groups is 1. The van der Waals surface area contributed by atoms with Crippen LogP contribution in [0.2, 0.25) is 0 Å². The molecule has 0 spiro atoms. The van der Waals surface area contributed by atoms with Crippen molar-refractivity contribution in [2.45, 2.75) is 42.4 Å². The lowest BCUT2D eigenvalue weighted by molar-refractivity contribution is -0.183. The lowest BCUT2D eigenvalue weighted by Gasteiger charge is -2.40. The Morgan fingerprint density at radius 2 is 1.54 bits per heavy atom. The minimum absolute atomic E-state index is 0.0151. The third-order valence-corrected chi connectivity index (χ3v) is 7.36. The quantitative estimate of drug-likeness (QED) is 0.607. The number of carbonyl (C=O) groups is 2. The third-order valence-electron chi connectivity index (χ3n) is 4.89. The average molecular weight is 403 g/mol. The van der Waals surface area contributed by atoms with Crippen molar-refractivity contribution < 1.29 is 28.0 Å². The Hall–Kier alpha value is -2.71. The zero-order chi connectivity index (χ0) is 20.4. The van der Waals surface area contributed by atoms with E-state index in [1.807, 2.05) is 18.2 Å². The smallest absolute Gasteiger partial charge is 0.244 e. The summed E-state index contributed by atoms with van der Waals surface area (Å²) in [5.41, 5.74) is 0. The topological polar surface area (TPSA) is 101 Å². The highest BCUT2D eigenvalue weighted by Crippen LogP contribution is 2.40. The number of rotatable bonds is 5. The molecule has 0 bridgehead atoms. The molecule has 7 nitrogen and oxygen atoms in total. The van der Waals surface area contributed by atoms with Gasteiger partial charge in [-0.05, 0) is 49.2 Å². The van der Waals surface area contributed by atoms with Crippen LogP contribution in [0.3, 0.4) is 0 Å². The SMILES string of the molecule is CC(=O)N(O)C1(S(=O)(=O)c2ccc(Oc3ccccc3)cc2)CCC(=O)CC1. The first kappa shape index (κ1) is 20.0. The molecule has 0 aliphatic heterocycles. The van der Waals surface area contributed by atoms with Gasteiger partial charge in [-0.2, -0.15) is 0 Å². The van der Waals surface area contributed by atoms with Gasteiger partial charge in [0.2, 0.25) is 15.7 Å². The largest absolute Gasteiger partial charge is 0.457 e. The molecule has 1 aliphatic carbocycles. The molecule has 2 aromatic rings. The van der Waals surface area contributed by atoms with Crippen molar-refractivity contribution in [3.05, 3.63) is 54.6 Å². The maximum absolute atomic E-state index is 13.3. The van der Waals surface area contributed by atoms with Crippen LogP contribution in [0.25, 0.3) is 0 Å². The van der Waals surface area contributed by atoms with Gasteiger partial charge < -0.3 is 4.74 Å². The highest BCUT2D eigenvalue weighted by molar-refractivity contribution is 7.92. The molecule has 1 aliphatic rings. The van der Waals surface area contributed by atoms with E-state index in [1.54, 1.807) is 12.1 Å². The molecule has 1 amide bonds. The van der Waals surface area contributed by atoms with E-state index in [1.165, 1.54) is 24.3 Å². The highest BCUT2D eigenvalue weighted by Gasteiger charge is 2.52. The van der Waals surface area contributed by atoms with Crippen molar-refractivity contribution >= 4 is 21.5 Å². The van der Waals surface area contributed by atoms with Crippen LogP contribution < -0.4 is 4.74 Å². The molecule has 0 saturated heterocycles. The number of carbonyl (C=O) groups excluding carboxylic acids is 2. The number of Topliss-reactive ketones (excluding diaryl/α,β-unsaturated/α-hetero) is 1. The molecule has 1 saturated carbocycles. The van der Waals surface area contributed by atoms with E-state index in [0.29, 0.717) is 11.5 Å². The Labute approximate surface area is 163 Å². The first-order valence-corrected chi connectivity index (χ1v) is 10.3. The normalized spacial score (nSPS) is 16.4. The van der Waals surface area contributed by atoms with Crippen molar-refractivity contribution in [1.29, 1.82) is 0 Å². The second-order valence-electron chi connectivity index (χ2n) is 6.71. The van der Waals surface area contributed by atoms with E-state index in [4.69, 9.17) is 4.74 Å². The standard InChI is InChI=1S/C20H21NO6S/c1-15(22)21(24)20(13-11-16(23)12-14-20)28(25,26)19-9-7-18(8-10-19)27-17-5-3-2-4-6-17/h2-10,24H,11-14H2,1H3. The summed E-state index contributed by atoms with van der Waals surface area (Å²) >= 11 is 0. The molecular formula is C20H21NO6S. The van der Waals surface area contributed by atoms with E-state index >= 15 is 0 Å². The summed E-state index contributed by atoms with van der Waals surface area (Å²) in [7, 11) is -4.13. The minimum atomic E-state index is -4.13. The van der Waals surface area contributed by atoms with Gasteiger partial charge in [0.25, 0.3) is 0 Å². The van der Waals surface area contributed by atoms with Gasteiger partial charge in [0.1, 0.15) is 17.3 Å². The van der Waals surface area contributed by atoms with Crippen LogP contribution in [0.1, 0.15) is 32.6 Å². The predicted molar refractivity (Wildman–Crippen MR) is 101 cm³/mol. The molecule has 0 aromatic heterocycles. The number of hydrogen-bond acceptors (Lipinski definition) is 6. The maximum atomic E-state index is 13.3. The van der Waals surface area contributed by atoms with Crippen molar-refractivity contribution in [2.75, 3.05) is 0 Å². The fourth-order valence-electron chi connectivity index (χ4n) is 3.33. The molecule has 0 atom stereocenters. The van der Waals surface area contributed by atoms with E-state index in [0.717, 1.165) is 6.92 Å². The summed E-state index contributed by atoms with van der Waals surface area (Å²) in [5, 5.41) is 10.6. The van der Waals surface area contributed by atoms with E-state index < -0.39 is 20.6 Å². The van der Waals surface area contributed by atoms with E-state index in [-0.39, 0.29) is 41.4 Å².